The lowest BCUT2D eigenvalue weighted by atomic mass is 10.1. The van der Waals surface area contributed by atoms with Gasteiger partial charge in [-0.25, -0.2) is 9.78 Å². The number of nitrogens with one attached hydrogen (secondary N) is 2. The number of aryl methyl sites for hydroxylation is 1. The molecule has 4 rings (SSSR count). The molecule has 1 aromatic carbocycles. The van der Waals surface area contributed by atoms with Crippen LogP contribution in [0.4, 0.5) is 23.7 Å². The zero-order valence-electron chi connectivity index (χ0n) is 15.4. The van der Waals surface area contributed by atoms with Crippen LogP contribution in [-0.2, 0) is 13.1 Å². The monoisotopic (exact) mass is 394 g/mol. The number of aromatic amines is 1. The van der Waals surface area contributed by atoms with Crippen molar-refractivity contribution < 1.29 is 18.0 Å². The summed E-state index contributed by atoms with van der Waals surface area (Å²) in [6, 6.07) is 5.06. The lowest BCUT2D eigenvalue weighted by Gasteiger charge is -2.17. The third-order valence-electron chi connectivity index (χ3n) is 5.10. The largest absolute Gasteiger partial charge is 0.401 e. The van der Waals surface area contributed by atoms with E-state index in [1.54, 1.807) is 23.1 Å². The maximum atomic E-state index is 12.6. The summed E-state index contributed by atoms with van der Waals surface area (Å²) in [5.41, 5.74) is 2.27. The maximum absolute atomic E-state index is 12.6. The molecule has 2 aromatic rings. The van der Waals surface area contributed by atoms with Crippen molar-refractivity contribution in [1.29, 1.82) is 0 Å². The van der Waals surface area contributed by atoms with E-state index in [-0.39, 0.29) is 25.0 Å². The van der Waals surface area contributed by atoms with E-state index in [0.717, 1.165) is 29.2 Å². The van der Waals surface area contributed by atoms with Crippen LogP contribution < -0.4 is 5.32 Å². The lowest BCUT2D eigenvalue weighted by molar-refractivity contribution is -0.146. The molecule has 0 saturated carbocycles. The number of anilines is 1. The summed E-state index contributed by atoms with van der Waals surface area (Å²) >= 11 is 0. The summed E-state index contributed by atoms with van der Waals surface area (Å²) in [7, 11) is 0. The molecule has 1 saturated heterocycles. The first kappa shape index (κ1) is 18.7. The van der Waals surface area contributed by atoms with Gasteiger partial charge in [0.2, 0.25) is 0 Å². The van der Waals surface area contributed by atoms with E-state index in [1.807, 2.05) is 6.92 Å². The zero-order valence-corrected chi connectivity index (χ0v) is 15.4. The second-order valence-corrected chi connectivity index (χ2v) is 7.38. The Hall–Kier alpha value is -2.62. The Labute approximate surface area is 159 Å². The summed E-state index contributed by atoms with van der Waals surface area (Å²) in [4.78, 5) is 19.9. The Bertz CT molecular complexity index is 880. The average Bonchev–Trinajstić information content (AvgIpc) is 3.31. The van der Waals surface area contributed by atoms with Crippen molar-refractivity contribution >= 4 is 11.7 Å². The molecule has 28 heavy (non-hydrogen) atoms. The Morgan fingerprint density at radius 2 is 2.11 bits per heavy atom. The van der Waals surface area contributed by atoms with Crippen LogP contribution in [0.3, 0.4) is 0 Å². The molecule has 1 aromatic heterocycles. The molecule has 2 aliphatic heterocycles. The third kappa shape index (κ3) is 4.11. The molecule has 0 radical (unpaired) electrons. The van der Waals surface area contributed by atoms with Crippen molar-refractivity contribution in [2.45, 2.75) is 38.5 Å². The van der Waals surface area contributed by atoms with Gasteiger partial charge in [-0.3, -0.25) is 10.00 Å². The topological polar surface area (TPSA) is 77.2 Å². The van der Waals surface area contributed by atoms with Gasteiger partial charge >= 0.3 is 12.2 Å². The van der Waals surface area contributed by atoms with Gasteiger partial charge in [0.05, 0.1) is 6.54 Å². The van der Waals surface area contributed by atoms with Crippen LogP contribution in [0.5, 0.6) is 0 Å². The number of hydrogen-bond acceptors (Lipinski definition) is 4. The van der Waals surface area contributed by atoms with Crippen molar-refractivity contribution in [3.8, 4) is 0 Å². The molecule has 0 spiro atoms. The smallest absolute Gasteiger partial charge is 0.324 e. The quantitative estimate of drug-likeness (QED) is 0.839. The summed E-state index contributed by atoms with van der Waals surface area (Å²) in [5, 5.41) is 9.84. The third-order valence-corrected chi connectivity index (χ3v) is 5.10. The van der Waals surface area contributed by atoms with E-state index in [4.69, 9.17) is 0 Å². The fourth-order valence-electron chi connectivity index (χ4n) is 3.81. The number of hydrogen-bond donors (Lipinski definition) is 2. The molecule has 2 N–H and O–H groups in total. The van der Waals surface area contributed by atoms with Crippen molar-refractivity contribution in [3.05, 3.63) is 41.0 Å². The highest BCUT2D eigenvalue weighted by Crippen LogP contribution is 2.29. The molecule has 2 aliphatic rings. The summed E-state index contributed by atoms with van der Waals surface area (Å²) < 4.78 is 37.8. The Morgan fingerprint density at radius 1 is 1.32 bits per heavy atom. The number of halogens is 3. The molecule has 150 valence electrons. The molecule has 2 amide bonds. The van der Waals surface area contributed by atoms with E-state index >= 15 is 0 Å². The van der Waals surface area contributed by atoms with Crippen molar-refractivity contribution in [3.63, 3.8) is 0 Å². The molecule has 0 aliphatic carbocycles. The van der Waals surface area contributed by atoms with Crippen LogP contribution in [0.2, 0.25) is 0 Å². The van der Waals surface area contributed by atoms with Gasteiger partial charge in [-0.2, -0.15) is 18.3 Å². The number of aromatic nitrogens is 3. The number of fused-ring (bicyclic) bond motifs is 1. The first-order valence-corrected chi connectivity index (χ1v) is 9.12. The van der Waals surface area contributed by atoms with Crippen molar-refractivity contribution in [1.82, 2.24) is 25.0 Å². The predicted octanol–water partition coefficient (Wildman–Crippen LogP) is 3.01. The molecule has 3 heterocycles. The van der Waals surface area contributed by atoms with Crippen molar-refractivity contribution in [2.24, 2.45) is 0 Å². The highest BCUT2D eigenvalue weighted by Gasteiger charge is 2.33. The predicted molar refractivity (Wildman–Crippen MR) is 95.7 cm³/mol. The van der Waals surface area contributed by atoms with Gasteiger partial charge in [0.25, 0.3) is 0 Å². The number of urea groups is 1. The molecule has 7 nitrogen and oxygen atoms in total. The SMILES string of the molecule is Cc1nc(C2CCN(C(=O)Nc3ccc4c(c3)CN(CC(F)(F)F)C4)C2)n[nH]1. The van der Waals surface area contributed by atoms with Gasteiger partial charge in [-0.15, -0.1) is 0 Å². The normalized spacial score (nSPS) is 19.9. The molecule has 0 bridgehead atoms. The van der Waals surface area contributed by atoms with Gasteiger partial charge in [0, 0.05) is 37.8 Å². The molecule has 1 atom stereocenters. The number of likely N-dealkylation sites (tertiary alicyclic amines) is 1. The van der Waals surface area contributed by atoms with Crippen LogP contribution >= 0.6 is 0 Å². The number of nitrogens with zero attached hydrogens (tertiary/aromatic N) is 4. The Kier molecular flexibility index (Phi) is 4.74. The number of benzene rings is 1. The second-order valence-electron chi connectivity index (χ2n) is 7.38. The van der Waals surface area contributed by atoms with Gasteiger partial charge in [-0.1, -0.05) is 6.07 Å². The minimum atomic E-state index is -4.22. The molecule has 1 unspecified atom stereocenters. The average molecular weight is 394 g/mol. The van der Waals surface area contributed by atoms with Gasteiger partial charge in [0.15, 0.2) is 5.82 Å². The maximum Gasteiger partial charge on any atom is 0.401 e. The van der Waals surface area contributed by atoms with E-state index in [0.29, 0.717) is 18.8 Å². The van der Waals surface area contributed by atoms with Crippen molar-refractivity contribution in [2.75, 3.05) is 25.0 Å². The number of rotatable bonds is 3. The van der Waals surface area contributed by atoms with Gasteiger partial charge < -0.3 is 10.2 Å². The van der Waals surface area contributed by atoms with E-state index in [2.05, 4.69) is 20.5 Å². The molecule has 10 heteroatoms. The highest BCUT2D eigenvalue weighted by molar-refractivity contribution is 5.89. The van der Waals surface area contributed by atoms with Crippen LogP contribution in [-0.4, -0.2) is 56.8 Å². The van der Waals surface area contributed by atoms with E-state index in [9.17, 15) is 18.0 Å². The number of amides is 2. The number of alkyl halides is 3. The zero-order chi connectivity index (χ0) is 19.9. The van der Waals surface area contributed by atoms with Crippen LogP contribution in [0.15, 0.2) is 18.2 Å². The first-order chi connectivity index (χ1) is 13.3. The Morgan fingerprint density at radius 3 is 2.82 bits per heavy atom. The number of carbonyl (C=O) groups excluding carboxylic acids is 1. The Balaban J connectivity index is 1.36. The van der Waals surface area contributed by atoms with E-state index < -0.39 is 12.7 Å². The van der Waals surface area contributed by atoms with E-state index in [1.165, 1.54) is 4.90 Å². The first-order valence-electron chi connectivity index (χ1n) is 9.12. The summed E-state index contributed by atoms with van der Waals surface area (Å²) in [5.74, 6) is 1.57. The standard InChI is InChI=1S/C18H21F3N6O/c1-11-22-16(25-24-11)13-4-5-27(9-13)17(28)23-15-3-2-12-7-26(8-14(12)6-15)10-18(19,20)21/h2-3,6,13H,4-5,7-10H2,1H3,(H,23,28)(H,22,24,25). The minimum absolute atomic E-state index is 0.103. The van der Waals surface area contributed by atoms with Gasteiger partial charge in [0.1, 0.15) is 5.82 Å². The van der Waals surface area contributed by atoms with Crippen LogP contribution in [0.1, 0.15) is 35.1 Å². The fraction of sp³-hybridized carbons (Fsp3) is 0.500. The summed E-state index contributed by atoms with van der Waals surface area (Å²) in [6.45, 7) is 2.54. The number of H-pyrrole nitrogens is 1. The fourth-order valence-corrected chi connectivity index (χ4v) is 3.81. The van der Waals surface area contributed by atoms with Crippen LogP contribution in [0.25, 0.3) is 0 Å². The van der Waals surface area contributed by atoms with Gasteiger partial charge in [-0.05, 0) is 36.6 Å². The van der Waals surface area contributed by atoms with Crippen LogP contribution in [0, 0.1) is 6.92 Å². The lowest BCUT2D eigenvalue weighted by Crippen LogP contribution is -2.32. The summed E-state index contributed by atoms with van der Waals surface area (Å²) in [6.07, 6.45) is -3.42. The second kappa shape index (κ2) is 7.08. The minimum Gasteiger partial charge on any atom is -0.324 e. The molecular weight excluding hydrogens is 373 g/mol. The molecule has 1 fully saturated rings. The molecular formula is C18H21F3N6O. The highest BCUT2D eigenvalue weighted by atomic mass is 19.4. The number of carbonyl (C=O) groups is 1.